The van der Waals surface area contributed by atoms with Gasteiger partial charge in [-0.15, -0.1) is 11.3 Å². The maximum Gasteiger partial charge on any atom is 0.241 e. The van der Waals surface area contributed by atoms with Crippen LogP contribution in [0.1, 0.15) is 11.3 Å². The van der Waals surface area contributed by atoms with Gasteiger partial charge in [0, 0.05) is 17.7 Å². The Labute approximate surface area is 109 Å². The average molecular weight is 267 g/mol. The first-order valence-corrected chi connectivity index (χ1v) is 6.62. The Hall–Kier alpha value is -1.45. The lowest BCUT2D eigenvalue weighted by Gasteiger charge is -2.22. The predicted octanol–water partition coefficient (Wildman–Crippen LogP) is 1.08. The fourth-order valence-corrected chi connectivity index (χ4v) is 2.86. The summed E-state index contributed by atoms with van der Waals surface area (Å²) in [5.74, 6) is -0.338. The first-order valence-electron chi connectivity index (χ1n) is 5.74. The van der Waals surface area contributed by atoms with Crippen LogP contribution in [0.15, 0.2) is 17.5 Å². The molecule has 0 aromatic carbocycles. The second-order valence-corrected chi connectivity index (χ2v) is 5.39. The van der Waals surface area contributed by atoms with Crippen molar-refractivity contribution < 1.29 is 9.18 Å². The Bertz CT molecular complexity index is 456. The van der Waals surface area contributed by atoms with Gasteiger partial charge in [-0.2, -0.15) is 5.26 Å². The Morgan fingerprint density at radius 3 is 3.17 bits per heavy atom. The largest absolute Gasteiger partial charge is 0.322 e. The quantitative estimate of drug-likeness (QED) is 0.891. The molecule has 1 aliphatic rings. The van der Waals surface area contributed by atoms with E-state index in [0.29, 0.717) is 6.42 Å². The Morgan fingerprint density at radius 2 is 2.56 bits per heavy atom. The summed E-state index contributed by atoms with van der Waals surface area (Å²) in [4.78, 5) is 14.4. The molecule has 2 rings (SSSR count). The molecular weight excluding hydrogens is 253 g/mol. The number of hydrogen-bond donors (Lipinski definition) is 1. The van der Waals surface area contributed by atoms with Crippen LogP contribution in [0, 0.1) is 11.3 Å². The van der Waals surface area contributed by atoms with Crippen LogP contribution >= 0.6 is 11.3 Å². The van der Waals surface area contributed by atoms with Gasteiger partial charge in [0.05, 0.1) is 18.7 Å². The third-order valence-corrected chi connectivity index (χ3v) is 3.90. The van der Waals surface area contributed by atoms with Crippen molar-refractivity contribution in [3.05, 3.63) is 22.4 Å². The molecule has 1 saturated heterocycles. The van der Waals surface area contributed by atoms with Gasteiger partial charge < -0.3 is 10.6 Å². The Balaban J connectivity index is 2.00. The van der Waals surface area contributed by atoms with Gasteiger partial charge in [0.25, 0.3) is 0 Å². The summed E-state index contributed by atoms with van der Waals surface area (Å²) in [5.41, 5.74) is 5.83. The molecule has 2 heterocycles. The van der Waals surface area contributed by atoms with Crippen LogP contribution in [0.2, 0.25) is 0 Å². The zero-order valence-corrected chi connectivity index (χ0v) is 10.6. The van der Waals surface area contributed by atoms with Crippen LogP contribution in [-0.4, -0.2) is 35.6 Å². The van der Waals surface area contributed by atoms with E-state index in [1.165, 1.54) is 16.2 Å². The number of hydrogen-bond acceptors (Lipinski definition) is 4. The zero-order chi connectivity index (χ0) is 13.1. The van der Waals surface area contributed by atoms with Crippen LogP contribution in [0.25, 0.3) is 0 Å². The molecule has 0 aliphatic carbocycles. The van der Waals surface area contributed by atoms with Crippen molar-refractivity contribution in [3.8, 4) is 6.07 Å². The molecule has 1 amide bonds. The zero-order valence-electron chi connectivity index (χ0n) is 9.75. The molecule has 0 radical (unpaired) electrons. The van der Waals surface area contributed by atoms with E-state index in [4.69, 9.17) is 11.0 Å². The minimum absolute atomic E-state index is 0.0187. The second kappa shape index (κ2) is 5.46. The molecule has 1 fully saturated rings. The van der Waals surface area contributed by atoms with E-state index in [1.807, 2.05) is 23.6 Å². The number of alkyl halides is 1. The SMILES string of the molecule is N#C[C@@H]1C[C@H](F)CN1C(=O)[C@@H](N)Cc1cccs1. The smallest absolute Gasteiger partial charge is 0.241 e. The summed E-state index contributed by atoms with van der Waals surface area (Å²) in [6.45, 7) is -0.0187. The number of nitriles is 1. The van der Waals surface area contributed by atoms with Gasteiger partial charge in [-0.25, -0.2) is 4.39 Å². The summed E-state index contributed by atoms with van der Waals surface area (Å²) in [6, 6.07) is 4.36. The highest BCUT2D eigenvalue weighted by molar-refractivity contribution is 7.09. The molecule has 0 spiro atoms. The Morgan fingerprint density at radius 1 is 1.78 bits per heavy atom. The van der Waals surface area contributed by atoms with Gasteiger partial charge in [0.1, 0.15) is 12.2 Å². The van der Waals surface area contributed by atoms with Gasteiger partial charge in [-0.05, 0) is 11.4 Å². The van der Waals surface area contributed by atoms with Crippen molar-refractivity contribution in [2.45, 2.75) is 31.1 Å². The Kier molecular flexibility index (Phi) is 3.94. The molecule has 1 aliphatic heterocycles. The van der Waals surface area contributed by atoms with Gasteiger partial charge in [0.15, 0.2) is 0 Å². The summed E-state index contributed by atoms with van der Waals surface area (Å²) < 4.78 is 13.2. The van der Waals surface area contributed by atoms with Crippen molar-refractivity contribution in [2.24, 2.45) is 5.73 Å². The monoisotopic (exact) mass is 267 g/mol. The molecule has 2 N–H and O–H groups in total. The fraction of sp³-hybridized carbons (Fsp3) is 0.500. The number of likely N-dealkylation sites (tertiary alicyclic amines) is 1. The van der Waals surface area contributed by atoms with Crippen LogP contribution in [-0.2, 0) is 11.2 Å². The van der Waals surface area contributed by atoms with E-state index < -0.39 is 18.3 Å². The lowest BCUT2D eigenvalue weighted by atomic mass is 10.1. The van der Waals surface area contributed by atoms with Crippen LogP contribution in [0.5, 0.6) is 0 Å². The molecule has 18 heavy (non-hydrogen) atoms. The normalized spacial score (nSPS) is 24.8. The second-order valence-electron chi connectivity index (χ2n) is 4.36. The molecule has 0 bridgehead atoms. The van der Waals surface area contributed by atoms with E-state index in [0.717, 1.165) is 4.88 Å². The van der Waals surface area contributed by atoms with Gasteiger partial charge in [0.2, 0.25) is 5.91 Å². The third kappa shape index (κ3) is 2.68. The van der Waals surface area contributed by atoms with Gasteiger partial charge in [-0.3, -0.25) is 4.79 Å². The van der Waals surface area contributed by atoms with E-state index in [9.17, 15) is 9.18 Å². The minimum atomic E-state index is -1.12. The van der Waals surface area contributed by atoms with Gasteiger partial charge in [-0.1, -0.05) is 6.07 Å². The lowest BCUT2D eigenvalue weighted by Crippen LogP contribution is -2.46. The fourth-order valence-electron chi connectivity index (χ4n) is 2.10. The number of nitrogens with two attached hydrogens (primary N) is 1. The summed E-state index contributed by atoms with van der Waals surface area (Å²) in [7, 11) is 0. The standard InChI is InChI=1S/C12H14FN3OS/c13-8-4-9(6-14)16(7-8)12(17)11(15)5-10-2-1-3-18-10/h1-3,8-9,11H,4-5,7,15H2/t8-,9-,11-/m0/s1. The molecule has 0 saturated carbocycles. The van der Waals surface area contributed by atoms with Crippen molar-refractivity contribution in [3.63, 3.8) is 0 Å². The third-order valence-electron chi connectivity index (χ3n) is 3.00. The van der Waals surface area contributed by atoms with Crippen molar-refractivity contribution in [2.75, 3.05) is 6.54 Å². The predicted molar refractivity (Wildman–Crippen MR) is 66.6 cm³/mol. The van der Waals surface area contributed by atoms with E-state index in [-0.39, 0.29) is 18.9 Å². The van der Waals surface area contributed by atoms with Gasteiger partial charge >= 0.3 is 0 Å². The summed E-state index contributed by atoms with van der Waals surface area (Å²) in [6.07, 6.45) is -0.594. The maximum atomic E-state index is 13.2. The molecule has 1 aromatic rings. The molecule has 96 valence electrons. The number of thiophene rings is 1. The average Bonchev–Trinajstić information content (AvgIpc) is 2.97. The highest BCUT2D eigenvalue weighted by Crippen LogP contribution is 2.21. The van der Waals surface area contributed by atoms with Crippen LogP contribution in [0.3, 0.4) is 0 Å². The van der Waals surface area contributed by atoms with E-state index in [2.05, 4.69) is 0 Å². The molecule has 4 nitrogen and oxygen atoms in total. The number of halogens is 1. The molecule has 6 heteroatoms. The number of rotatable bonds is 3. The van der Waals surface area contributed by atoms with Crippen LogP contribution in [0.4, 0.5) is 4.39 Å². The number of carbonyl (C=O) groups excluding carboxylic acids is 1. The molecule has 1 aromatic heterocycles. The maximum absolute atomic E-state index is 13.2. The first-order chi connectivity index (χ1) is 8.61. The van der Waals surface area contributed by atoms with E-state index >= 15 is 0 Å². The van der Waals surface area contributed by atoms with Crippen LogP contribution < -0.4 is 5.73 Å². The highest BCUT2D eigenvalue weighted by Gasteiger charge is 2.37. The molecular formula is C12H14FN3OS. The number of carbonyl (C=O) groups is 1. The summed E-state index contributed by atoms with van der Waals surface area (Å²) >= 11 is 1.53. The molecule has 3 atom stereocenters. The van der Waals surface area contributed by atoms with Crippen molar-refractivity contribution in [1.82, 2.24) is 4.90 Å². The van der Waals surface area contributed by atoms with Crippen molar-refractivity contribution >= 4 is 17.2 Å². The van der Waals surface area contributed by atoms with Crippen molar-refractivity contribution in [1.29, 1.82) is 5.26 Å². The minimum Gasteiger partial charge on any atom is -0.322 e. The first kappa shape index (κ1) is 13.0. The summed E-state index contributed by atoms with van der Waals surface area (Å²) in [5, 5.41) is 10.8. The molecule has 0 unspecified atom stereocenters. The van der Waals surface area contributed by atoms with E-state index in [1.54, 1.807) is 0 Å². The highest BCUT2D eigenvalue weighted by atomic mass is 32.1. The number of nitrogens with zero attached hydrogens (tertiary/aromatic N) is 2. The lowest BCUT2D eigenvalue weighted by molar-refractivity contribution is -0.132. The topological polar surface area (TPSA) is 70.1 Å². The number of amides is 1.